The van der Waals surface area contributed by atoms with Gasteiger partial charge in [0, 0.05) is 18.6 Å². The average Bonchev–Trinajstić information content (AvgIpc) is 2.34. The van der Waals surface area contributed by atoms with E-state index in [0.717, 1.165) is 0 Å². The zero-order valence-corrected chi connectivity index (χ0v) is 12.4. The van der Waals surface area contributed by atoms with Crippen LogP contribution in [0, 0.1) is 0 Å². The van der Waals surface area contributed by atoms with E-state index in [1.807, 2.05) is 0 Å². The molecule has 0 fully saturated rings. The maximum absolute atomic E-state index is 11.8. The average molecular weight is 306 g/mol. The van der Waals surface area contributed by atoms with E-state index in [-0.39, 0.29) is 12.5 Å². The number of aliphatic hydroxyl groups is 1. The van der Waals surface area contributed by atoms with Gasteiger partial charge in [-0.1, -0.05) is 23.2 Å². The van der Waals surface area contributed by atoms with Crippen molar-refractivity contribution >= 4 is 29.1 Å². The third kappa shape index (κ3) is 5.68. The zero-order chi connectivity index (χ0) is 14.4. The molecule has 0 saturated carbocycles. The first-order valence-corrected chi connectivity index (χ1v) is 6.65. The molecule has 0 bridgehead atoms. The molecule has 0 aliphatic carbocycles. The van der Waals surface area contributed by atoms with E-state index >= 15 is 0 Å². The minimum Gasteiger partial charge on any atom is -0.482 e. The lowest BCUT2D eigenvalue weighted by Crippen LogP contribution is -2.33. The Labute approximate surface area is 122 Å². The van der Waals surface area contributed by atoms with Gasteiger partial charge in [0.2, 0.25) is 0 Å². The molecule has 1 amide bonds. The van der Waals surface area contributed by atoms with Crippen LogP contribution in [0.3, 0.4) is 0 Å². The smallest absolute Gasteiger partial charge is 0.260 e. The molecule has 0 aliphatic rings. The van der Waals surface area contributed by atoms with Crippen molar-refractivity contribution < 1.29 is 14.6 Å². The molecule has 1 aromatic carbocycles. The maximum Gasteiger partial charge on any atom is 0.260 e. The first kappa shape index (κ1) is 16.1. The van der Waals surface area contributed by atoms with Crippen molar-refractivity contribution in [2.75, 3.05) is 20.2 Å². The van der Waals surface area contributed by atoms with Crippen LogP contribution in [0.1, 0.15) is 13.3 Å². The number of aliphatic hydroxyl groups excluding tert-OH is 1. The first-order valence-electron chi connectivity index (χ1n) is 5.90. The van der Waals surface area contributed by atoms with Crippen molar-refractivity contribution in [3.05, 3.63) is 28.2 Å². The second kappa shape index (κ2) is 7.58. The number of ether oxygens (including phenoxy) is 1. The fraction of sp³-hybridized carbons (Fsp3) is 0.462. The number of rotatable bonds is 6. The standard InChI is InChI=1S/C13H17Cl2NO3/c1-9(17)5-6-16(2)13(18)8-19-12-4-3-10(14)7-11(12)15/h3-4,7,9,17H,5-6,8H2,1-2H3. The molecule has 6 heteroatoms. The molecule has 1 rings (SSSR count). The van der Waals surface area contributed by atoms with Gasteiger partial charge in [-0.15, -0.1) is 0 Å². The lowest BCUT2D eigenvalue weighted by Gasteiger charge is -2.18. The van der Waals surface area contributed by atoms with Crippen molar-refractivity contribution in [2.24, 2.45) is 0 Å². The molecule has 0 aliphatic heterocycles. The summed E-state index contributed by atoms with van der Waals surface area (Å²) in [6.45, 7) is 2.06. The van der Waals surface area contributed by atoms with E-state index in [2.05, 4.69) is 0 Å². The van der Waals surface area contributed by atoms with E-state index in [4.69, 9.17) is 33.0 Å². The van der Waals surface area contributed by atoms with Crippen molar-refractivity contribution in [1.82, 2.24) is 4.90 Å². The van der Waals surface area contributed by atoms with Gasteiger partial charge in [-0.2, -0.15) is 0 Å². The fourth-order valence-corrected chi connectivity index (χ4v) is 1.81. The first-order chi connectivity index (χ1) is 8.90. The largest absolute Gasteiger partial charge is 0.482 e. The van der Waals surface area contributed by atoms with Crippen molar-refractivity contribution in [2.45, 2.75) is 19.4 Å². The monoisotopic (exact) mass is 305 g/mol. The zero-order valence-electron chi connectivity index (χ0n) is 10.9. The van der Waals surface area contributed by atoms with Gasteiger partial charge in [0.1, 0.15) is 5.75 Å². The van der Waals surface area contributed by atoms with E-state index in [1.54, 1.807) is 32.2 Å². The van der Waals surface area contributed by atoms with Crippen LogP contribution in [0.2, 0.25) is 10.0 Å². The molecule has 0 heterocycles. The molecule has 1 unspecified atom stereocenters. The van der Waals surface area contributed by atoms with Crippen LogP contribution in [-0.2, 0) is 4.79 Å². The van der Waals surface area contributed by atoms with Crippen molar-refractivity contribution in [1.29, 1.82) is 0 Å². The Morgan fingerprint density at radius 1 is 1.47 bits per heavy atom. The molecular weight excluding hydrogens is 289 g/mol. The summed E-state index contributed by atoms with van der Waals surface area (Å²) in [6.07, 6.45) is 0.103. The molecule has 0 saturated heterocycles. The summed E-state index contributed by atoms with van der Waals surface area (Å²) in [6, 6.07) is 4.82. The van der Waals surface area contributed by atoms with Crippen LogP contribution in [-0.4, -0.2) is 42.2 Å². The highest BCUT2D eigenvalue weighted by atomic mass is 35.5. The predicted octanol–water partition coefficient (Wildman–Crippen LogP) is 2.60. The van der Waals surface area contributed by atoms with Gasteiger partial charge in [0.15, 0.2) is 6.61 Å². The Morgan fingerprint density at radius 3 is 2.74 bits per heavy atom. The Bertz CT molecular complexity index is 438. The van der Waals surface area contributed by atoms with Crippen LogP contribution in [0.4, 0.5) is 0 Å². The van der Waals surface area contributed by atoms with Gasteiger partial charge in [-0.3, -0.25) is 4.79 Å². The van der Waals surface area contributed by atoms with Crippen LogP contribution >= 0.6 is 23.2 Å². The Hall–Kier alpha value is -0.970. The Kier molecular flexibility index (Phi) is 6.42. The van der Waals surface area contributed by atoms with E-state index in [9.17, 15) is 4.79 Å². The molecule has 0 spiro atoms. The number of carbonyl (C=O) groups is 1. The van der Waals surface area contributed by atoms with E-state index < -0.39 is 6.10 Å². The Morgan fingerprint density at radius 2 is 2.16 bits per heavy atom. The second-order valence-electron chi connectivity index (χ2n) is 4.32. The number of halogens is 2. The van der Waals surface area contributed by atoms with Gasteiger partial charge >= 0.3 is 0 Å². The molecule has 19 heavy (non-hydrogen) atoms. The van der Waals surface area contributed by atoms with Gasteiger partial charge in [-0.25, -0.2) is 0 Å². The molecule has 1 aromatic rings. The van der Waals surface area contributed by atoms with Gasteiger partial charge in [0.05, 0.1) is 11.1 Å². The fourth-order valence-electron chi connectivity index (χ4n) is 1.35. The minimum atomic E-state index is -0.429. The van der Waals surface area contributed by atoms with E-state index in [1.165, 1.54) is 4.90 Å². The van der Waals surface area contributed by atoms with Crippen LogP contribution < -0.4 is 4.74 Å². The maximum atomic E-state index is 11.8. The lowest BCUT2D eigenvalue weighted by molar-refractivity contribution is -0.132. The minimum absolute atomic E-state index is 0.0995. The SMILES string of the molecule is CC(O)CCN(C)C(=O)COc1ccc(Cl)cc1Cl. The van der Waals surface area contributed by atoms with Gasteiger partial charge in [0.25, 0.3) is 5.91 Å². The molecule has 4 nitrogen and oxygen atoms in total. The molecule has 0 aromatic heterocycles. The van der Waals surface area contributed by atoms with E-state index in [0.29, 0.717) is 28.8 Å². The summed E-state index contributed by atoms with van der Waals surface area (Å²) in [4.78, 5) is 13.3. The number of hydrogen-bond donors (Lipinski definition) is 1. The summed E-state index contributed by atoms with van der Waals surface area (Å²) in [5.41, 5.74) is 0. The van der Waals surface area contributed by atoms with Gasteiger partial charge in [-0.05, 0) is 31.5 Å². The predicted molar refractivity (Wildman–Crippen MR) is 75.9 cm³/mol. The molecule has 1 atom stereocenters. The third-order valence-electron chi connectivity index (χ3n) is 2.55. The number of benzene rings is 1. The van der Waals surface area contributed by atoms with Gasteiger partial charge < -0.3 is 14.7 Å². The summed E-state index contributed by atoms with van der Waals surface area (Å²) >= 11 is 11.7. The van der Waals surface area contributed by atoms with Crippen LogP contribution in [0.15, 0.2) is 18.2 Å². The highest BCUT2D eigenvalue weighted by Gasteiger charge is 2.11. The number of hydrogen-bond acceptors (Lipinski definition) is 3. The van der Waals surface area contributed by atoms with Crippen LogP contribution in [0.25, 0.3) is 0 Å². The summed E-state index contributed by atoms with van der Waals surface area (Å²) < 4.78 is 5.34. The molecule has 1 N–H and O–H groups in total. The van der Waals surface area contributed by atoms with Crippen molar-refractivity contribution in [3.63, 3.8) is 0 Å². The number of carbonyl (C=O) groups excluding carboxylic acids is 1. The second-order valence-corrected chi connectivity index (χ2v) is 5.16. The highest BCUT2D eigenvalue weighted by Crippen LogP contribution is 2.27. The highest BCUT2D eigenvalue weighted by molar-refractivity contribution is 6.35. The summed E-state index contributed by atoms with van der Waals surface area (Å²) in [5.74, 6) is 0.245. The number of nitrogens with zero attached hydrogens (tertiary/aromatic N) is 1. The molecular formula is C13H17Cl2NO3. The van der Waals surface area contributed by atoms with Crippen molar-refractivity contribution in [3.8, 4) is 5.75 Å². The number of likely N-dealkylation sites (N-methyl/N-ethyl adjacent to an activating group) is 1. The summed E-state index contributed by atoms with van der Waals surface area (Å²) in [7, 11) is 1.66. The summed E-state index contributed by atoms with van der Waals surface area (Å²) in [5, 5.41) is 10.0. The Balaban J connectivity index is 2.45. The normalized spacial score (nSPS) is 12.1. The molecule has 0 radical (unpaired) electrons. The third-order valence-corrected chi connectivity index (χ3v) is 3.08. The number of amides is 1. The topological polar surface area (TPSA) is 49.8 Å². The molecule has 106 valence electrons. The quantitative estimate of drug-likeness (QED) is 0.879. The lowest BCUT2D eigenvalue weighted by atomic mass is 10.3. The van der Waals surface area contributed by atoms with Crippen LogP contribution in [0.5, 0.6) is 5.75 Å².